The lowest BCUT2D eigenvalue weighted by Crippen LogP contribution is -2.32. The highest BCUT2D eigenvalue weighted by Crippen LogP contribution is 2.38. The minimum Gasteiger partial charge on any atom is -0.494 e. The maximum Gasteiger partial charge on any atom is 0.258 e. The fourth-order valence-electron chi connectivity index (χ4n) is 6.59. The number of carbonyl (C=O) groups is 4. The Labute approximate surface area is 372 Å². The molecule has 18 heteroatoms. The Kier molecular flexibility index (Phi) is 13.0. The predicted molar refractivity (Wildman–Crippen MR) is 243 cm³/mol. The maximum atomic E-state index is 13.5. The molecule has 0 fully saturated rings. The van der Waals surface area contributed by atoms with Crippen LogP contribution in [0.1, 0.15) is 13.8 Å². The van der Waals surface area contributed by atoms with E-state index in [1.807, 2.05) is 60.7 Å². The molecule has 2 unspecified atom stereocenters. The number of nitrogens with one attached hydrogen (secondary N) is 4. The second kappa shape index (κ2) is 18.7. The molecule has 63 heavy (non-hydrogen) atoms. The molecule has 0 saturated heterocycles. The summed E-state index contributed by atoms with van der Waals surface area (Å²) in [6, 6.07) is 26.8. The van der Waals surface area contributed by atoms with E-state index in [2.05, 4.69) is 41.1 Å². The molecular weight excluding hydrogens is 871 g/mol. The minimum absolute atomic E-state index is 0.00363. The lowest BCUT2D eigenvalue weighted by Gasteiger charge is -2.16. The van der Waals surface area contributed by atoms with Gasteiger partial charge in [0, 0.05) is 29.0 Å². The Bertz CT molecular complexity index is 3160. The van der Waals surface area contributed by atoms with Gasteiger partial charge >= 0.3 is 0 Å². The first-order valence-electron chi connectivity index (χ1n) is 18.9. The molecular formula is C45H33Cl3N8O7. The predicted octanol–water partition coefficient (Wildman–Crippen LogP) is 10.0. The number of nitrogens with zero attached hydrogens (tertiary/aromatic N) is 4. The van der Waals surface area contributed by atoms with Crippen LogP contribution in [-0.2, 0) is 19.2 Å². The van der Waals surface area contributed by atoms with Gasteiger partial charge in [-0.2, -0.15) is 20.5 Å². The van der Waals surface area contributed by atoms with E-state index >= 15 is 0 Å². The summed E-state index contributed by atoms with van der Waals surface area (Å²) in [4.78, 5) is 82.9. The number of H-pyrrole nitrogens is 2. The fraction of sp³-hybridized carbons (Fsp3) is 0.111. The van der Waals surface area contributed by atoms with E-state index in [1.54, 1.807) is 12.1 Å². The van der Waals surface area contributed by atoms with Crippen LogP contribution in [0.2, 0.25) is 15.1 Å². The number of rotatable bonds is 13. The Morgan fingerprint density at radius 2 is 1.00 bits per heavy atom. The number of carbonyl (C=O) groups excluding carboxylic acids is 4. The molecule has 2 heterocycles. The molecule has 0 spiro atoms. The number of anilines is 2. The van der Waals surface area contributed by atoms with Gasteiger partial charge in [-0.25, -0.2) is 0 Å². The highest BCUT2D eigenvalue weighted by molar-refractivity contribution is 6.35. The van der Waals surface area contributed by atoms with E-state index in [0.717, 1.165) is 25.0 Å². The van der Waals surface area contributed by atoms with Gasteiger partial charge in [0.15, 0.2) is 11.6 Å². The lowest BCUT2D eigenvalue weighted by molar-refractivity contribution is -0.127. The summed E-state index contributed by atoms with van der Waals surface area (Å²) in [5.41, 5.74) is 3.10. The molecule has 0 saturated carbocycles. The van der Waals surface area contributed by atoms with Crippen molar-refractivity contribution >= 4 is 103 Å². The number of ketones is 2. The first-order valence-corrected chi connectivity index (χ1v) is 20.0. The van der Waals surface area contributed by atoms with E-state index in [0.29, 0.717) is 32.9 Å². The number of ether oxygens (including phenoxy) is 1. The average molecular weight is 904 g/mol. The molecule has 316 valence electrons. The SMILES string of the molecule is COc1cc(NC(=O)C(N=Nc2cc3[nH]c(=O)cc(-c4ccccc4)c3cc2Cl)C(C)=O)c(Cl)cc1NC(=O)C(N=Nc1cc2[nH]c(=O)cc(-c3ccccc3)c2cc1Cl)C(C)=O. The summed E-state index contributed by atoms with van der Waals surface area (Å²) in [7, 11) is 1.29. The van der Waals surface area contributed by atoms with Crippen LogP contribution in [0, 0.1) is 0 Å². The third kappa shape index (κ3) is 9.76. The van der Waals surface area contributed by atoms with Gasteiger partial charge in [-0.1, -0.05) is 95.5 Å². The Morgan fingerprint density at radius 3 is 1.41 bits per heavy atom. The van der Waals surface area contributed by atoms with Crippen LogP contribution in [-0.4, -0.2) is 52.5 Å². The molecule has 2 amide bonds. The molecule has 2 atom stereocenters. The third-order valence-corrected chi connectivity index (χ3v) is 10.5. The highest BCUT2D eigenvalue weighted by Gasteiger charge is 2.27. The van der Waals surface area contributed by atoms with Crippen molar-refractivity contribution in [3.8, 4) is 28.0 Å². The molecule has 0 aliphatic heterocycles. The number of benzene rings is 5. The zero-order valence-electron chi connectivity index (χ0n) is 33.3. The summed E-state index contributed by atoms with van der Waals surface area (Å²) in [5, 5.41) is 22.7. The molecule has 5 aromatic carbocycles. The second-order valence-corrected chi connectivity index (χ2v) is 15.2. The fourth-order valence-corrected chi connectivity index (χ4v) is 7.21. The maximum absolute atomic E-state index is 13.5. The van der Waals surface area contributed by atoms with Gasteiger partial charge in [-0.3, -0.25) is 28.8 Å². The summed E-state index contributed by atoms with van der Waals surface area (Å²) >= 11 is 19.7. The van der Waals surface area contributed by atoms with Gasteiger partial charge in [-0.15, -0.1) is 0 Å². The molecule has 0 aliphatic rings. The van der Waals surface area contributed by atoms with Crippen LogP contribution < -0.4 is 26.5 Å². The van der Waals surface area contributed by atoms with Crippen molar-refractivity contribution in [2.45, 2.75) is 25.9 Å². The number of Topliss-reactive ketones (excluding diaryl/α,β-unsaturated/α-hetero) is 2. The first kappa shape index (κ1) is 43.7. The van der Waals surface area contributed by atoms with E-state index in [4.69, 9.17) is 39.5 Å². The number of hydrogen-bond acceptors (Lipinski definition) is 11. The highest BCUT2D eigenvalue weighted by atomic mass is 35.5. The lowest BCUT2D eigenvalue weighted by atomic mass is 10.0. The van der Waals surface area contributed by atoms with Crippen LogP contribution in [0.5, 0.6) is 5.75 Å². The normalized spacial score (nSPS) is 12.4. The molecule has 15 nitrogen and oxygen atoms in total. The standard InChI is InChI=1S/C45H33Cl3N8O7/c1-22(57)42(55-53-36-19-33-28(14-30(36)46)26(16-40(59)49-33)24-10-6-4-7-11-24)44(61)51-35-21-39(63-3)38(18-32(35)48)52-45(62)43(23(2)58)56-54-37-20-34-29(15-31(37)47)27(17-41(60)50-34)25-12-8-5-9-13-25/h4-21,42-43H,1-3H3,(H,49,59)(H,50,60)(H,51,61)(H,52,62). The first-order chi connectivity index (χ1) is 30.2. The molecule has 2 aromatic heterocycles. The van der Waals surface area contributed by atoms with Crippen molar-refractivity contribution in [2.75, 3.05) is 17.7 Å². The summed E-state index contributed by atoms with van der Waals surface area (Å²) in [5.74, 6) is -3.14. The number of methoxy groups -OCH3 is 1. The molecule has 0 radical (unpaired) electrons. The summed E-state index contributed by atoms with van der Waals surface area (Å²) in [6.07, 6.45) is 0. The van der Waals surface area contributed by atoms with Gasteiger partial charge in [0.1, 0.15) is 17.1 Å². The number of aromatic nitrogens is 2. The largest absolute Gasteiger partial charge is 0.494 e. The van der Waals surface area contributed by atoms with Crippen LogP contribution in [0.25, 0.3) is 44.1 Å². The third-order valence-electron chi connectivity index (χ3n) is 9.62. The molecule has 7 aromatic rings. The van der Waals surface area contributed by atoms with Crippen molar-refractivity contribution in [3.63, 3.8) is 0 Å². The van der Waals surface area contributed by atoms with Crippen molar-refractivity contribution < 1.29 is 23.9 Å². The number of hydrogen-bond donors (Lipinski definition) is 4. The van der Waals surface area contributed by atoms with E-state index < -0.39 is 35.5 Å². The van der Waals surface area contributed by atoms with Crippen molar-refractivity contribution in [3.05, 3.63) is 145 Å². The van der Waals surface area contributed by atoms with E-state index in [-0.39, 0.29) is 54.7 Å². The molecule has 4 N–H and O–H groups in total. The smallest absolute Gasteiger partial charge is 0.258 e. The number of aromatic amines is 2. The summed E-state index contributed by atoms with van der Waals surface area (Å²) < 4.78 is 5.45. The van der Waals surface area contributed by atoms with Crippen LogP contribution in [0.3, 0.4) is 0 Å². The Hall–Kier alpha value is -7.33. The topological polar surface area (TPSA) is 217 Å². The zero-order valence-corrected chi connectivity index (χ0v) is 35.6. The number of pyridine rings is 2. The average Bonchev–Trinajstić information content (AvgIpc) is 3.25. The van der Waals surface area contributed by atoms with E-state index in [9.17, 15) is 28.8 Å². The van der Waals surface area contributed by atoms with Crippen molar-refractivity contribution in [1.82, 2.24) is 9.97 Å². The Balaban J connectivity index is 1.09. The van der Waals surface area contributed by atoms with Crippen molar-refractivity contribution in [1.29, 1.82) is 0 Å². The van der Waals surface area contributed by atoms with Gasteiger partial charge in [-0.05, 0) is 66.4 Å². The number of amides is 2. The number of halogens is 3. The monoisotopic (exact) mass is 902 g/mol. The van der Waals surface area contributed by atoms with Gasteiger partial charge in [0.05, 0.1) is 44.6 Å². The second-order valence-electron chi connectivity index (χ2n) is 14.0. The number of fused-ring (bicyclic) bond motifs is 2. The van der Waals surface area contributed by atoms with Gasteiger partial charge in [0.2, 0.25) is 23.2 Å². The van der Waals surface area contributed by atoms with Crippen LogP contribution >= 0.6 is 34.8 Å². The van der Waals surface area contributed by atoms with Gasteiger partial charge < -0.3 is 25.3 Å². The Morgan fingerprint density at radius 1 is 0.571 bits per heavy atom. The molecule has 0 aliphatic carbocycles. The van der Waals surface area contributed by atoms with Gasteiger partial charge in [0.25, 0.3) is 11.8 Å². The van der Waals surface area contributed by atoms with Crippen LogP contribution in [0.15, 0.2) is 139 Å². The van der Waals surface area contributed by atoms with Crippen LogP contribution in [0.4, 0.5) is 22.7 Å². The zero-order chi connectivity index (χ0) is 44.9. The quantitative estimate of drug-likeness (QED) is 0.0648. The molecule has 7 rings (SSSR count). The minimum atomic E-state index is -1.66. The van der Waals surface area contributed by atoms with E-state index in [1.165, 1.54) is 43.5 Å². The number of azo groups is 2. The molecule has 0 bridgehead atoms. The van der Waals surface area contributed by atoms with Crippen molar-refractivity contribution in [2.24, 2.45) is 20.5 Å². The summed E-state index contributed by atoms with van der Waals surface area (Å²) in [6.45, 7) is 2.30.